The Morgan fingerprint density at radius 1 is 0.810 bits per heavy atom. The quantitative estimate of drug-likeness (QED) is 0.390. The first-order valence-corrected chi connectivity index (χ1v) is 9.74. The molecule has 0 amide bonds. The highest BCUT2D eigenvalue weighted by atomic mass is 79.9. The Kier molecular flexibility index (Phi) is 10.9. The molecule has 1 aromatic rings. The van der Waals surface area contributed by atoms with Gasteiger partial charge in [-0.3, -0.25) is 0 Å². The molecular formula is C18H33BrN2. The lowest BCUT2D eigenvalue weighted by atomic mass is 10.0. The lowest BCUT2D eigenvalue weighted by Gasteiger charge is -2.02. The number of aryl methyl sites for hydroxylation is 2. The molecule has 0 fully saturated rings. The first-order valence-electron chi connectivity index (χ1n) is 8.95. The van der Waals surface area contributed by atoms with Crippen LogP contribution in [0.25, 0.3) is 0 Å². The van der Waals surface area contributed by atoms with Crippen LogP contribution in [-0.4, -0.2) is 9.97 Å². The molecule has 0 saturated carbocycles. The van der Waals surface area contributed by atoms with Gasteiger partial charge < -0.3 is 4.98 Å². The maximum Gasteiger partial charge on any atom is 0.127 e. The Morgan fingerprint density at radius 2 is 1.29 bits per heavy atom. The molecule has 0 aromatic carbocycles. The molecular weight excluding hydrogens is 324 g/mol. The van der Waals surface area contributed by atoms with E-state index in [2.05, 4.69) is 39.7 Å². The van der Waals surface area contributed by atoms with E-state index in [4.69, 9.17) is 0 Å². The molecule has 0 atom stereocenters. The Balaban J connectivity index is 1.82. The van der Waals surface area contributed by atoms with Crippen LogP contribution in [0.5, 0.6) is 0 Å². The minimum Gasteiger partial charge on any atom is -0.345 e. The summed E-state index contributed by atoms with van der Waals surface area (Å²) in [6, 6.07) is 0. The number of aromatic amines is 1. The summed E-state index contributed by atoms with van der Waals surface area (Å²) in [5.41, 5.74) is 1.14. The van der Waals surface area contributed by atoms with E-state index in [1.165, 1.54) is 77.0 Å². The van der Waals surface area contributed by atoms with Gasteiger partial charge >= 0.3 is 0 Å². The van der Waals surface area contributed by atoms with Gasteiger partial charge in [0.05, 0.1) is 0 Å². The van der Waals surface area contributed by atoms with Crippen molar-refractivity contribution in [3.05, 3.63) is 16.1 Å². The molecule has 0 saturated heterocycles. The average molecular weight is 357 g/mol. The molecule has 21 heavy (non-hydrogen) atoms. The number of aromatic nitrogens is 2. The van der Waals surface area contributed by atoms with E-state index in [1.54, 1.807) is 0 Å². The van der Waals surface area contributed by atoms with Gasteiger partial charge in [0, 0.05) is 12.1 Å². The molecule has 0 radical (unpaired) electrons. The summed E-state index contributed by atoms with van der Waals surface area (Å²) >= 11 is 3.45. The van der Waals surface area contributed by atoms with Crippen molar-refractivity contribution in [3.8, 4) is 0 Å². The number of halogens is 1. The third-order valence-electron chi connectivity index (χ3n) is 4.14. The predicted octanol–water partition coefficient (Wildman–Crippen LogP) is 6.72. The normalized spacial score (nSPS) is 11.2. The number of nitrogens with one attached hydrogen (secondary N) is 1. The third kappa shape index (κ3) is 9.34. The standard InChI is InChI=1S/C18H33BrN2/c1-3-4-5-6-7-8-9-10-11-12-13-14-15-17-20-16(2)18(19)21-17/h3-15H2,1-2H3,(H,20,21). The van der Waals surface area contributed by atoms with Gasteiger partial charge in [0.1, 0.15) is 10.4 Å². The maximum atomic E-state index is 4.46. The summed E-state index contributed by atoms with van der Waals surface area (Å²) in [5.74, 6) is 1.13. The molecule has 1 N–H and O–H groups in total. The zero-order chi connectivity index (χ0) is 15.3. The Hall–Kier alpha value is -0.310. The van der Waals surface area contributed by atoms with Crippen LogP contribution >= 0.6 is 15.9 Å². The topological polar surface area (TPSA) is 28.7 Å². The molecule has 122 valence electrons. The number of hydrogen-bond donors (Lipinski definition) is 1. The summed E-state index contributed by atoms with van der Waals surface area (Å²) in [4.78, 5) is 7.79. The van der Waals surface area contributed by atoms with Crippen molar-refractivity contribution in [1.29, 1.82) is 0 Å². The van der Waals surface area contributed by atoms with Crippen molar-refractivity contribution in [3.63, 3.8) is 0 Å². The van der Waals surface area contributed by atoms with Crippen LogP contribution in [0.2, 0.25) is 0 Å². The predicted molar refractivity (Wildman–Crippen MR) is 95.8 cm³/mol. The summed E-state index contributed by atoms with van der Waals surface area (Å²) < 4.78 is 0.969. The second-order valence-corrected chi connectivity index (χ2v) is 6.99. The molecule has 2 nitrogen and oxygen atoms in total. The molecule has 1 aromatic heterocycles. The van der Waals surface area contributed by atoms with Crippen molar-refractivity contribution in [2.75, 3.05) is 0 Å². The van der Waals surface area contributed by atoms with E-state index >= 15 is 0 Å². The van der Waals surface area contributed by atoms with Gasteiger partial charge in [0.15, 0.2) is 0 Å². The number of unbranched alkanes of at least 4 members (excludes halogenated alkanes) is 11. The molecule has 1 heterocycles. The number of nitrogens with zero attached hydrogens (tertiary/aromatic N) is 1. The lowest BCUT2D eigenvalue weighted by molar-refractivity contribution is 0.543. The van der Waals surface area contributed by atoms with Crippen LogP contribution < -0.4 is 0 Å². The van der Waals surface area contributed by atoms with Crippen LogP contribution in [-0.2, 0) is 6.42 Å². The first-order chi connectivity index (χ1) is 10.2. The molecule has 0 aliphatic carbocycles. The SMILES string of the molecule is CCCCCCCCCCCCCCc1nc(Br)c(C)[nH]1. The zero-order valence-corrected chi connectivity index (χ0v) is 15.6. The minimum absolute atomic E-state index is 0.969. The number of rotatable bonds is 13. The lowest BCUT2D eigenvalue weighted by Crippen LogP contribution is -1.89. The van der Waals surface area contributed by atoms with Crippen LogP contribution in [0.15, 0.2) is 4.60 Å². The number of hydrogen-bond acceptors (Lipinski definition) is 1. The Labute approximate surface area is 139 Å². The van der Waals surface area contributed by atoms with Gasteiger partial charge in [-0.25, -0.2) is 4.98 Å². The summed E-state index contributed by atoms with van der Waals surface area (Å²) in [6.45, 7) is 4.34. The molecule has 3 heteroatoms. The summed E-state index contributed by atoms with van der Waals surface area (Å²) in [7, 11) is 0. The van der Waals surface area contributed by atoms with Crippen LogP contribution in [0, 0.1) is 6.92 Å². The van der Waals surface area contributed by atoms with Gasteiger partial charge in [-0.05, 0) is 29.3 Å². The molecule has 0 aliphatic heterocycles. The van der Waals surface area contributed by atoms with Crippen molar-refractivity contribution in [1.82, 2.24) is 9.97 Å². The van der Waals surface area contributed by atoms with E-state index in [-0.39, 0.29) is 0 Å². The van der Waals surface area contributed by atoms with E-state index in [0.717, 1.165) is 22.5 Å². The highest BCUT2D eigenvalue weighted by molar-refractivity contribution is 9.10. The zero-order valence-electron chi connectivity index (χ0n) is 14.0. The Morgan fingerprint density at radius 3 is 1.71 bits per heavy atom. The van der Waals surface area contributed by atoms with E-state index in [1.807, 2.05) is 0 Å². The number of H-pyrrole nitrogens is 1. The number of imidazole rings is 1. The maximum absolute atomic E-state index is 4.46. The fraction of sp³-hybridized carbons (Fsp3) is 0.833. The summed E-state index contributed by atoms with van der Waals surface area (Å²) in [6.07, 6.45) is 17.9. The van der Waals surface area contributed by atoms with Crippen molar-refractivity contribution in [2.24, 2.45) is 0 Å². The Bertz CT molecular complexity index is 341. The van der Waals surface area contributed by atoms with Crippen molar-refractivity contribution in [2.45, 2.75) is 97.3 Å². The molecule has 0 spiro atoms. The fourth-order valence-corrected chi connectivity index (χ4v) is 3.06. The van der Waals surface area contributed by atoms with Crippen molar-refractivity contribution < 1.29 is 0 Å². The summed E-state index contributed by atoms with van der Waals surface area (Å²) in [5, 5.41) is 0. The average Bonchev–Trinajstić information content (AvgIpc) is 2.79. The van der Waals surface area contributed by atoms with Gasteiger partial charge in [0.25, 0.3) is 0 Å². The monoisotopic (exact) mass is 356 g/mol. The fourth-order valence-electron chi connectivity index (χ4n) is 2.75. The third-order valence-corrected chi connectivity index (χ3v) is 4.91. The van der Waals surface area contributed by atoms with E-state index in [9.17, 15) is 0 Å². The van der Waals surface area contributed by atoms with Gasteiger partial charge in [-0.1, -0.05) is 77.6 Å². The molecule has 0 bridgehead atoms. The highest BCUT2D eigenvalue weighted by Crippen LogP contribution is 2.15. The molecule has 1 rings (SSSR count). The van der Waals surface area contributed by atoms with Gasteiger partial charge in [0.2, 0.25) is 0 Å². The highest BCUT2D eigenvalue weighted by Gasteiger charge is 2.02. The second-order valence-electron chi connectivity index (χ2n) is 6.24. The van der Waals surface area contributed by atoms with Crippen LogP contribution in [0.4, 0.5) is 0 Å². The molecule has 0 aliphatic rings. The smallest absolute Gasteiger partial charge is 0.127 e. The van der Waals surface area contributed by atoms with Crippen LogP contribution in [0.3, 0.4) is 0 Å². The van der Waals surface area contributed by atoms with Crippen LogP contribution in [0.1, 0.15) is 95.5 Å². The van der Waals surface area contributed by atoms with Gasteiger partial charge in [-0.2, -0.15) is 0 Å². The second kappa shape index (κ2) is 12.3. The minimum atomic E-state index is 0.969. The van der Waals surface area contributed by atoms with E-state index in [0.29, 0.717) is 0 Å². The first kappa shape index (κ1) is 18.7. The van der Waals surface area contributed by atoms with E-state index < -0.39 is 0 Å². The van der Waals surface area contributed by atoms with Crippen molar-refractivity contribution >= 4 is 15.9 Å². The molecule has 0 unspecified atom stereocenters. The largest absolute Gasteiger partial charge is 0.345 e. The van der Waals surface area contributed by atoms with Gasteiger partial charge in [-0.15, -0.1) is 0 Å².